The molecule has 0 radical (unpaired) electrons. The first-order valence-corrected chi connectivity index (χ1v) is 9.66. The number of imidazole rings is 1. The topological polar surface area (TPSA) is 83.9 Å². The average Bonchev–Trinajstić information content (AvgIpc) is 3.08. The number of fused-ring (bicyclic) bond motifs is 1. The molecule has 0 N–H and O–H groups in total. The molecule has 0 saturated carbocycles. The Hall–Kier alpha value is -2.74. The number of aromatic nitrogens is 5. The van der Waals surface area contributed by atoms with Crippen molar-refractivity contribution in [2.75, 3.05) is 13.2 Å². The van der Waals surface area contributed by atoms with Crippen LogP contribution in [-0.2, 0) is 31.8 Å². The molecule has 152 valence electrons. The number of rotatable bonds is 7. The number of aryl methyl sites for hydroxylation is 1. The van der Waals surface area contributed by atoms with Crippen LogP contribution in [0, 0.1) is 0 Å². The van der Waals surface area contributed by atoms with Gasteiger partial charge in [0.15, 0.2) is 11.2 Å². The second kappa shape index (κ2) is 9.98. The lowest BCUT2D eigenvalue weighted by molar-refractivity contribution is 0.136. The molecule has 3 heterocycles. The van der Waals surface area contributed by atoms with Crippen molar-refractivity contribution in [3.05, 3.63) is 56.8 Å². The Morgan fingerprint density at radius 2 is 1.71 bits per heavy atom. The van der Waals surface area contributed by atoms with Crippen LogP contribution < -0.4 is 11.2 Å². The third kappa shape index (κ3) is 4.39. The van der Waals surface area contributed by atoms with Gasteiger partial charge in [0.1, 0.15) is 5.82 Å². The third-order valence-corrected chi connectivity index (χ3v) is 4.34. The van der Waals surface area contributed by atoms with E-state index < -0.39 is 0 Å². The number of ether oxygens (including phenoxy) is 1. The van der Waals surface area contributed by atoms with E-state index in [1.165, 1.54) is 11.6 Å². The van der Waals surface area contributed by atoms with E-state index in [1.807, 2.05) is 30.5 Å². The summed E-state index contributed by atoms with van der Waals surface area (Å²) in [4.78, 5) is 33.6. The molecule has 0 unspecified atom stereocenters. The monoisotopic (exact) mass is 387 g/mol. The molecule has 0 atom stereocenters. The summed E-state index contributed by atoms with van der Waals surface area (Å²) < 4.78 is 9.99. The van der Waals surface area contributed by atoms with Crippen LogP contribution in [0.1, 0.15) is 38.6 Å². The number of nitrogens with zero attached hydrogens (tertiary/aromatic N) is 5. The van der Waals surface area contributed by atoms with Gasteiger partial charge in [0.05, 0.1) is 6.61 Å². The highest BCUT2D eigenvalue weighted by Crippen LogP contribution is 2.14. The highest BCUT2D eigenvalue weighted by molar-refractivity contribution is 5.71. The van der Waals surface area contributed by atoms with E-state index in [-0.39, 0.29) is 11.2 Å². The Kier molecular flexibility index (Phi) is 7.69. The largest absolute Gasteiger partial charge is 0.381 e. The molecule has 28 heavy (non-hydrogen) atoms. The fourth-order valence-corrected chi connectivity index (χ4v) is 2.93. The molecular formula is C20H29N5O3. The number of pyridine rings is 1. The second-order valence-electron chi connectivity index (χ2n) is 6.21. The fourth-order valence-electron chi connectivity index (χ4n) is 2.93. The average molecular weight is 387 g/mol. The zero-order valence-corrected chi connectivity index (χ0v) is 17.3. The molecular weight excluding hydrogens is 358 g/mol. The molecule has 3 aromatic heterocycles. The van der Waals surface area contributed by atoms with Gasteiger partial charge in [-0.3, -0.25) is 18.9 Å². The molecule has 0 saturated heterocycles. The van der Waals surface area contributed by atoms with E-state index >= 15 is 0 Å². The first kappa shape index (κ1) is 21.6. The van der Waals surface area contributed by atoms with Gasteiger partial charge in [-0.2, -0.15) is 0 Å². The van der Waals surface area contributed by atoms with Crippen molar-refractivity contribution < 1.29 is 4.74 Å². The highest BCUT2D eigenvalue weighted by Gasteiger charge is 2.19. The first-order valence-electron chi connectivity index (χ1n) is 9.66. The molecule has 0 aliphatic heterocycles. The summed E-state index contributed by atoms with van der Waals surface area (Å²) in [6.07, 6.45) is 4.94. The van der Waals surface area contributed by atoms with Gasteiger partial charge in [0.2, 0.25) is 0 Å². The van der Waals surface area contributed by atoms with Crippen LogP contribution in [0.25, 0.3) is 11.2 Å². The lowest BCUT2D eigenvalue weighted by Crippen LogP contribution is -2.37. The minimum absolute atomic E-state index is 0.342. The Morgan fingerprint density at radius 1 is 1.04 bits per heavy atom. The standard InChI is InChI=1S/C18H23N5O3.C2H6/c1-4-10-26-11-7-14-20-16-15(17(24)22(3)18(25)21(16)2)23(14)12-13-5-8-19-9-6-13;1-2/h5-6,8-9H,4,7,10-12H2,1-3H3;1-2H3. The van der Waals surface area contributed by atoms with Gasteiger partial charge in [0.25, 0.3) is 5.56 Å². The molecule has 8 nitrogen and oxygen atoms in total. The summed E-state index contributed by atoms with van der Waals surface area (Å²) in [7, 11) is 3.11. The molecule has 0 aromatic carbocycles. The first-order chi connectivity index (χ1) is 13.5. The maximum absolute atomic E-state index is 12.7. The van der Waals surface area contributed by atoms with E-state index in [0.29, 0.717) is 37.3 Å². The van der Waals surface area contributed by atoms with Gasteiger partial charge < -0.3 is 9.30 Å². The molecule has 0 aliphatic rings. The molecule has 8 heteroatoms. The van der Waals surface area contributed by atoms with Crippen LogP contribution in [0.3, 0.4) is 0 Å². The Labute approximate surface area is 164 Å². The van der Waals surface area contributed by atoms with E-state index in [0.717, 1.165) is 22.4 Å². The summed E-state index contributed by atoms with van der Waals surface area (Å²) in [6, 6.07) is 3.80. The summed E-state index contributed by atoms with van der Waals surface area (Å²) in [5.74, 6) is 0.728. The van der Waals surface area contributed by atoms with Crippen molar-refractivity contribution in [1.82, 2.24) is 23.7 Å². The van der Waals surface area contributed by atoms with Gasteiger partial charge in [0, 0.05) is 46.1 Å². The molecule has 0 bridgehead atoms. The number of hydrogen-bond donors (Lipinski definition) is 0. The molecule has 0 aliphatic carbocycles. The summed E-state index contributed by atoms with van der Waals surface area (Å²) in [5.41, 5.74) is 1.11. The smallest absolute Gasteiger partial charge is 0.332 e. The van der Waals surface area contributed by atoms with Crippen molar-refractivity contribution in [3.63, 3.8) is 0 Å². The van der Waals surface area contributed by atoms with Crippen LogP contribution in [0.5, 0.6) is 0 Å². The Morgan fingerprint density at radius 3 is 2.36 bits per heavy atom. The predicted molar refractivity (Wildman–Crippen MR) is 110 cm³/mol. The molecule has 3 aromatic rings. The SMILES string of the molecule is CC.CCCOCCc1nc2c(c(=O)n(C)c(=O)n2C)n1Cc1ccncc1. The molecule has 0 spiro atoms. The zero-order valence-electron chi connectivity index (χ0n) is 17.3. The van der Waals surface area contributed by atoms with E-state index in [4.69, 9.17) is 4.74 Å². The minimum Gasteiger partial charge on any atom is -0.381 e. The van der Waals surface area contributed by atoms with Crippen molar-refractivity contribution in [2.45, 2.75) is 40.2 Å². The normalized spacial score (nSPS) is 10.8. The van der Waals surface area contributed by atoms with Gasteiger partial charge in [-0.05, 0) is 24.1 Å². The van der Waals surface area contributed by atoms with Crippen LogP contribution in [0.2, 0.25) is 0 Å². The zero-order chi connectivity index (χ0) is 20.7. The van der Waals surface area contributed by atoms with Crippen LogP contribution >= 0.6 is 0 Å². The van der Waals surface area contributed by atoms with E-state index in [9.17, 15) is 9.59 Å². The van der Waals surface area contributed by atoms with E-state index in [2.05, 4.69) is 16.9 Å². The predicted octanol–water partition coefficient (Wildman–Crippen LogP) is 1.87. The van der Waals surface area contributed by atoms with E-state index in [1.54, 1.807) is 19.4 Å². The van der Waals surface area contributed by atoms with Gasteiger partial charge in [-0.1, -0.05) is 20.8 Å². The van der Waals surface area contributed by atoms with Crippen LogP contribution in [0.15, 0.2) is 34.1 Å². The van der Waals surface area contributed by atoms with Gasteiger partial charge in [-0.15, -0.1) is 0 Å². The third-order valence-electron chi connectivity index (χ3n) is 4.34. The van der Waals surface area contributed by atoms with Crippen molar-refractivity contribution in [2.24, 2.45) is 14.1 Å². The minimum atomic E-state index is -0.384. The fraction of sp³-hybridized carbons (Fsp3) is 0.500. The van der Waals surface area contributed by atoms with Crippen LogP contribution in [0.4, 0.5) is 0 Å². The second-order valence-corrected chi connectivity index (χ2v) is 6.21. The van der Waals surface area contributed by atoms with Gasteiger partial charge >= 0.3 is 5.69 Å². The van der Waals surface area contributed by atoms with Crippen molar-refractivity contribution >= 4 is 11.2 Å². The summed E-state index contributed by atoms with van der Waals surface area (Å²) in [6.45, 7) is 7.74. The number of hydrogen-bond acceptors (Lipinski definition) is 5. The quantitative estimate of drug-likeness (QED) is 0.578. The Balaban J connectivity index is 0.00000136. The highest BCUT2D eigenvalue weighted by atomic mass is 16.5. The summed E-state index contributed by atoms with van der Waals surface area (Å²) in [5, 5.41) is 0. The lowest BCUT2D eigenvalue weighted by Gasteiger charge is -2.10. The maximum Gasteiger partial charge on any atom is 0.332 e. The van der Waals surface area contributed by atoms with Crippen molar-refractivity contribution in [1.29, 1.82) is 0 Å². The van der Waals surface area contributed by atoms with Crippen molar-refractivity contribution in [3.8, 4) is 0 Å². The summed E-state index contributed by atoms with van der Waals surface area (Å²) >= 11 is 0. The lowest BCUT2D eigenvalue weighted by atomic mass is 10.2. The van der Waals surface area contributed by atoms with Gasteiger partial charge in [-0.25, -0.2) is 9.78 Å². The molecule has 0 amide bonds. The molecule has 3 rings (SSSR count). The Bertz CT molecular complexity index is 1020. The maximum atomic E-state index is 12.7. The van der Waals surface area contributed by atoms with Crippen LogP contribution in [-0.4, -0.2) is 36.9 Å². The molecule has 0 fully saturated rings.